The van der Waals surface area contributed by atoms with E-state index in [1.165, 1.54) is 6.07 Å². The second-order valence-electron chi connectivity index (χ2n) is 3.80. The molecule has 0 unspecified atom stereocenters. The highest BCUT2D eigenvalue weighted by Crippen LogP contribution is 2.15. The van der Waals surface area contributed by atoms with E-state index in [-0.39, 0.29) is 18.2 Å². The van der Waals surface area contributed by atoms with Gasteiger partial charge in [-0.15, -0.1) is 12.4 Å². The summed E-state index contributed by atoms with van der Waals surface area (Å²) in [5.74, 6) is -0.257. The van der Waals surface area contributed by atoms with Crippen molar-refractivity contribution in [3.05, 3.63) is 34.6 Å². The molecule has 0 saturated carbocycles. The molecule has 2 rings (SSSR count). The van der Waals surface area contributed by atoms with Crippen LogP contribution in [0.25, 0.3) is 0 Å². The normalized spacial score (nSPS) is 16.9. The number of benzene rings is 1. The molecule has 1 aliphatic heterocycles. The van der Waals surface area contributed by atoms with Crippen molar-refractivity contribution >= 4 is 24.0 Å². The van der Waals surface area contributed by atoms with Gasteiger partial charge in [-0.2, -0.15) is 0 Å². The van der Waals surface area contributed by atoms with Crippen molar-refractivity contribution in [2.24, 2.45) is 0 Å². The fourth-order valence-corrected chi connectivity index (χ4v) is 2.07. The molecule has 1 heterocycles. The van der Waals surface area contributed by atoms with Crippen LogP contribution in [-0.4, -0.2) is 31.1 Å². The molecule has 1 saturated heterocycles. The van der Waals surface area contributed by atoms with Gasteiger partial charge in [0.05, 0.1) is 0 Å². The van der Waals surface area contributed by atoms with E-state index >= 15 is 0 Å². The van der Waals surface area contributed by atoms with Gasteiger partial charge in [-0.25, -0.2) is 4.39 Å². The van der Waals surface area contributed by atoms with Gasteiger partial charge in [0.2, 0.25) is 0 Å². The molecule has 16 heavy (non-hydrogen) atoms. The number of hydrogen-bond donors (Lipinski definition) is 1. The smallest absolute Gasteiger partial charge is 0.125 e. The molecule has 90 valence electrons. The molecule has 1 aromatic carbocycles. The van der Waals surface area contributed by atoms with Crippen molar-refractivity contribution < 1.29 is 4.39 Å². The Balaban J connectivity index is 0.00000128. The molecule has 0 bridgehead atoms. The molecule has 0 spiro atoms. The summed E-state index contributed by atoms with van der Waals surface area (Å²) in [4.78, 5) is 2.29. The summed E-state index contributed by atoms with van der Waals surface area (Å²) < 4.78 is 13.1. The van der Waals surface area contributed by atoms with E-state index in [0.29, 0.717) is 5.02 Å². The Kier molecular flexibility index (Phi) is 5.49. The number of piperazine rings is 1. The summed E-state index contributed by atoms with van der Waals surface area (Å²) in [5, 5.41) is 3.75. The zero-order chi connectivity index (χ0) is 10.7. The van der Waals surface area contributed by atoms with Crippen LogP contribution in [-0.2, 0) is 6.54 Å². The van der Waals surface area contributed by atoms with Crippen LogP contribution in [0.3, 0.4) is 0 Å². The van der Waals surface area contributed by atoms with Gasteiger partial charge >= 0.3 is 0 Å². The monoisotopic (exact) mass is 264 g/mol. The van der Waals surface area contributed by atoms with Gasteiger partial charge in [0.1, 0.15) is 5.82 Å². The molecule has 5 heteroatoms. The zero-order valence-corrected chi connectivity index (χ0v) is 10.5. The fraction of sp³-hybridized carbons (Fsp3) is 0.455. The van der Waals surface area contributed by atoms with Gasteiger partial charge in [-0.05, 0) is 23.8 Å². The number of rotatable bonds is 2. The third-order valence-corrected chi connectivity index (χ3v) is 2.76. The lowest BCUT2D eigenvalue weighted by Gasteiger charge is -2.27. The summed E-state index contributed by atoms with van der Waals surface area (Å²) >= 11 is 5.80. The van der Waals surface area contributed by atoms with E-state index in [9.17, 15) is 4.39 Å². The summed E-state index contributed by atoms with van der Waals surface area (Å²) in [5.41, 5.74) is 0.946. The summed E-state index contributed by atoms with van der Waals surface area (Å²) in [6, 6.07) is 4.71. The third kappa shape index (κ3) is 3.91. The second kappa shape index (κ2) is 6.40. The highest BCUT2D eigenvalue weighted by molar-refractivity contribution is 6.30. The van der Waals surface area contributed by atoms with Gasteiger partial charge in [0.15, 0.2) is 0 Å². The molecule has 1 N–H and O–H groups in total. The van der Waals surface area contributed by atoms with Gasteiger partial charge in [0.25, 0.3) is 0 Å². The average molecular weight is 265 g/mol. The Morgan fingerprint density at radius 1 is 1.25 bits per heavy atom. The van der Waals surface area contributed by atoms with Gasteiger partial charge in [-0.1, -0.05) is 11.6 Å². The fourth-order valence-electron chi connectivity index (χ4n) is 1.83. The van der Waals surface area contributed by atoms with Crippen molar-refractivity contribution in [3.8, 4) is 0 Å². The SMILES string of the molecule is Cl.Fc1cc(Cl)cc(CN2CCNCC2)c1. The number of nitrogens with zero attached hydrogens (tertiary/aromatic N) is 1. The topological polar surface area (TPSA) is 15.3 Å². The first kappa shape index (κ1) is 13.7. The number of hydrogen-bond acceptors (Lipinski definition) is 2. The first-order valence-corrected chi connectivity index (χ1v) is 5.50. The van der Waals surface area contributed by atoms with E-state index in [4.69, 9.17) is 11.6 Å². The maximum atomic E-state index is 13.1. The van der Waals surface area contributed by atoms with Crippen molar-refractivity contribution in [1.82, 2.24) is 10.2 Å². The highest BCUT2D eigenvalue weighted by atomic mass is 35.5. The average Bonchev–Trinajstić information content (AvgIpc) is 2.17. The largest absolute Gasteiger partial charge is 0.314 e. The maximum Gasteiger partial charge on any atom is 0.125 e. The third-order valence-electron chi connectivity index (χ3n) is 2.54. The molecule has 1 fully saturated rings. The van der Waals surface area contributed by atoms with Crippen LogP contribution in [0, 0.1) is 5.82 Å². The van der Waals surface area contributed by atoms with E-state index < -0.39 is 0 Å². The molecule has 1 aromatic rings. The minimum atomic E-state index is -0.257. The lowest BCUT2D eigenvalue weighted by Crippen LogP contribution is -2.42. The van der Waals surface area contributed by atoms with Crippen LogP contribution in [0.4, 0.5) is 4.39 Å². The Morgan fingerprint density at radius 2 is 1.94 bits per heavy atom. The van der Waals surface area contributed by atoms with E-state index in [1.54, 1.807) is 6.07 Å². The van der Waals surface area contributed by atoms with Gasteiger partial charge in [-0.3, -0.25) is 4.90 Å². The van der Waals surface area contributed by atoms with E-state index in [2.05, 4.69) is 10.2 Å². The molecular weight excluding hydrogens is 250 g/mol. The van der Waals surface area contributed by atoms with Crippen LogP contribution in [0.5, 0.6) is 0 Å². The molecule has 0 atom stereocenters. The Labute approximate surface area is 106 Å². The minimum absolute atomic E-state index is 0. The lowest BCUT2D eigenvalue weighted by molar-refractivity contribution is 0.233. The standard InChI is InChI=1S/C11H14ClFN2.ClH/c12-10-5-9(6-11(13)7-10)8-15-3-1-14-2-4-15;/h5-7,14H,1-4,8H2;1H. The molecule has 0 amide bonds. The van der Waals surface area contributed by atoms with Crippen LogP contribution in [0.1, 0.15) is 5.56 Å². The molecular formula is C11H15Cl2FN2. The molecule has 0 aliphatic carbocycles. The van der Waals surface area contributed by atoms with Crippen LogP contribution in [0.2, 0.25) is 5.02 Å². The lowest BCUT2D eigenvalue weighted by atomic mass is 10.2. The Morgan fingerprint density at radius 3 is 2.56 bits per heavy atom. The van der Waals surface area contributed by atoms with Crippen molar-refractivity contribution in [3.63, 3.8) is 0 Å². The number of halogens is 3. The first-order chi connectivity index (χ1) is 7.24. The van der Waals surface area contributed by atoms with Crippen molar-refractivity contribution in [2.45, 2.75) is 6.54 Å². The molecule has 1 aliphatic rings. The van der Waals surface area contributed by atoms with Crippen molar-refractivity contribution in [1.29, 1.82) is 0 Å². The minimum Gasteiger partial charge on any atom is -0.314 e. The second-order valence-corrected chi connectivity index (χ2v) is 4.24. The predicted molar refractivity (Wildman–Crippen MR) is 66.8 cm³/mol. The summed E-state index contributed by atoms with van der Waals surface area (Å²) in [6.45, 7) is 4.80. The zero-order valence-electron chi connectivity index (χ0n) is 8.88. The molecule has 2 nitrogen and oxygen atoms in total. The van der Waals surface area contributed by atoms with E-state index in [1.807, 2.05) is 6.07 Å². The predicted octanol–water partition coefficient (Wildman–Crippen LogP) is 2.31. The van der Waals surface area contributed by atoms with E-state index in [0.717, 1.165) is 38.3 Å². The van der Waals surface area contributed by atoms with Crippen LogP contribution >= 0.6 is 24.0 Å². The van der Waals surface area contributed by atoms with Crippen LogP contribution < -0.4 is 5.32 Å². The van der Waals surface area contributed by atoms with Crippen molar-refractivity contribution in [2.75, 3.05) is 26.2 Å². The Hall–Kier alpha value is -0.350. The Bertz CT molecular complexity index is 321. The summed E-state index contributed by atoms with van der Waals surface area (Å²) in [6.07, 6.45) is 0. The molecule has 0 aromatic heterocycles. The maximum absolute atomic E-state index is 13.1. The highest BCUT2D eigenvalue weighted by Gasteiger charge is 2.10. The van der Waals surface area contributed by atoms with Gasteiger partial charge < -0.3 is 5.32 Å². The van der Waals surface area contributed by atoms with Crippen LogP contribution in [0.15, 0.2) is 18.2 Å². The first-order valence-electron chi connectivity index (χ1n) is 5.12. The quantitative estimate of drug-likeness (QED) is 0.882. The number of nitrogens with one attached hydrogen (secondary N) is 1. The summed E-state index contributed by atoms with van der Waals surface area (Å²) in [7, 11) is 0. The van der Waals surface area contributed by atoms with Gasteiger partial charge in [0, 0.05) is 37.7 Å². The molecule has 0 radical (unpaired) electrons.